The first-order valence-corrected chi connectivity index (χ1v) is 9.38. The van der Waals surface area contributed by atoms with E-state index in [-0.39, 0.29) is 17.4 Å². The monoisotopic (exact) mass is 385 g/mol. The molecular weight excluding hydrogens is 364 g/mol. The van der Waals surface area contributed by atoms with Crippen LogP contribution in [0.1, 0.15) is 15.9 Å². The zero-order valence-electron chi connectivity index (χ0n) is 15.4. The second-order valence-corrected chi connectivity index (χ2v) is 7.12. The number of rotatable bonds is 3. The van der Waals surface area contributed by atoms with Gasteiger partial charge in [0.15, 0.2) is 11.6 Å². The summed E-state index contributed by atoms with van der Waals surface area (Å²) in [6, 6.07) is 11.1. The fraction of sp³-hybridized carbons (Fsp3) is 0.333. The van der Waals surface area contributed by atoms with Crippen LogP contribution in [0.4, 0.5) is 14.5 Å². The van der Waals surface area contributed by atoms with Crippen LogP contribution in [-0.2, 0) is 11.2 Å². The maximum atomic E-state index is 13.4. The highest BCUT2D eigenvalue weighted by Crippen LogP contribution is 2.27. The minimum atomic E-state index is -1.03. The van der Waals surface area contributed by atoms with Gasteiger partial charge in [-0.3, -0.25) is 14.5 Å². The SMILES string of the molecule is O=C(c1ccc(F)c(F)c1)N1CCN(CC(=O)N2CCc3ccccc32)CC1. The third-order valence-electron chi connectivity index (χ3n) is 5.37. The molecule has 2 aliphatic rings. The maximum absolute atomic E-state index is 13.4. The molecule has 5 nitrogen and oxygen atoms in total. The van der Waals surface area contributed by atoms with Crippen molar-refractivity contribution < 1.29 is 18.4 Å². The molecule has 2 aromatic rings. The maximum Gasteiger partial charge on any atom is 0.254 e. The molecule has 2 amide bonds. The number of carbonyl (C=O) groups excluding carboxylic acids is 2. The number of amides is 2. The average Bonchev–Trinajstić information content (AvgIpc) is 3.14. The van der Waals surface area contributed by atoms with E-state index in [1.165, 1.54) is 11.6 Å². The second kappa shape index (κ2) is 7.67. The van der Waals surface area contributed by atoms with Gasteiger partial charge in [-0.05, 0) is 36.2 Å². The summed E-state index contributed by atoms with van der Waals surface area (Å²) < 4.78 is 26.4. The van der Waals surface area contributed by atoms with Gasteiger partial charge in [0.2, 0.25) is 5.91 Å². The molecule has 0 aromatic heterocycles. The van der Waals surface area contributed by atoms with Crippen LogP contribution in [0, 0.1) is 11.6 Å². The third kappa shape index (κ3) is 3.62. The number of carbonyl (C=O) groups is 2. The minimum absolute atomic E-state index is 0.0605. The molecule has 146 valence electrons. The molecule has 0 saturated carbocycles. The van der Waals surface area contributed by atoms with Gasteiger partial charge in [-0.15, -0.1) is 0 Å². The van der Waals surface area contributed by atoms with Crippen LogP contribution in [0.5, 0.6) is 0 Å². The number of nitrogens with zero attached hydrogens (tertiary/aromatic N) is 3. The predicted octanol–water partition coefficient (Wildman–Crippen LogP) is 2.31. The lowest BCUT2D eigenvalue weighted by Gasteiger charge is -2.35. The van der Waals surface area contributed by atoms with E-state index in [1.54, 1.807) is 4.90 Å². The molecule has 0 spiro atoms. The van der Waals surface area contributed by atoms with E-state index in [4.69, 9.17) is 0 Å². The van der Waals surface area contributed by atoms with Gasteiger partial charge in [0, 0.05) is 44.0 Å². The van der Waals surface area contributed by atoms with E-state index in [9.17, 15) is 18.4 Å². The van der Waals surface area contributed by atoms with Gasteiger partial charge < -0.3 is 9.80 Å². The van der Waals surface area contributed by atoms with Crippen molar-refractivity contribution in [2.45, 2.75) is 6.42 Å². The lowest BCUT2D eigenvalue weighted by molar-refractivity contribution is -0.120. The molecule has 28 heavy (non-hydrogen) atoms. The molecule has 0 atom stereocenters. The second-order valence-electron chi connectivity index (χ2n) is 7.12. The molecule has 0 radical (unpaired) electrons. The van der Waals surface area contributed by atoms with Crippen LogP contribution in [0.3, 0.4) is 0 Å². The summed E-state index contributed by atoms with van der Waals surface area (Å²) in [5, 5.41) is 0. The molecule has 1 fully saturated rings. The first-order valence-electron chi connectivity index (χ1n) is 9.38. The molecule has 2 aromatic carbocycles. The Hall–Kier alpha value is -2.80. The lowest BCUT2D eigenvalue weighted by Crippen LogP contribution is -2.51. The van der Waals surface area contributed by atoms with Crippen molar-refractivity contribution in [2.75, 3.05) is 44.2 Å². The van der Waals surface area contributed by atoms with E-state index in [0.717, 1.165) is 24.2 Å². The predicted molar refractivity (Wildman–Crippen MR) is 101 cm³/mol. The standard InChI is InChI=1S/C21H21F2N3O2/c22-17-6-5-16(13-18(17)23)21(28)25-11-9-24(10-12-25)14-20(27)26-8-7-15-3-1-2-4-19(15)26/h1-6,13H,7-12,14H2. The summed E-state index contributed by atoms with van der Waals surface area (Å²) in [7, 11) is 0. The van der Waals surface area contributed by atoms with Gasteiger partial charge in [0.1, 0.15) is 0 Å². The summed E-state index contributed by atoms with van der Waals surface area (Å²) >= 11 is 0. The number of hydrogen-bond acceptors (Lipinski definition) is 3. The highest BCUT2D eigenvalue weighted by molar-refractivity contribution is 5.97. The van der Waals surface area contributed by atoms with Gasteiger partial charge in [-0.25, -0.2) is 8.78 Å². The van der Waals surface area contributed by atoms with Gasteiger partial charge >= 0.3 is 0 Å². The van der Waals surface area contributed by atoms with Crippen LogP contribution >= 0.6 is 0 Å². The summed E-state index contributed by atoms with van der Waals surface area (Å²) in [6.07, 6.45) is 0.873. The van der Waals surface area contributed by atoms with Crippen molar-refractivity contribution in [3.05, 3.63) is 65.2 Å². The molecule has 7 heteroatoms. The Morgan fingerprint density at radius 2 is 1.64 bits per heavy atom. The highest BCUT2D eigenvalue weighted by atomic mass is 19.2. The van der Waals surface area contributed by atoms with Gasteiger partial charge in [0.05, 0.1) is 6.54 Å². The number of fused-ring (bicyclic) bond motifs is 1. The number of anilines is 1. The Labute approximate surface area is 162 Å². The van der Waals surface area contributed by atoms with Crippen LogP contribution < -0.4 is 4.90 Å². The van der Waals surface area contributed by atoms with Gasteiger partial charge in [-0.2, -0.15) is 0 Å². The van der Waals surface area contributed by atoms with Crippen molar-refractivity contribution in [3.63, 3.8) is 0 Å². The van der Waals surface area contributed by atoms with Crippen molar-refractivity contribution in [1.29, 1.82) is 0 Å². The Morgan fingerprint density at radius 3 is 2.39 bits per heavy atom. The fourth-order valence-corrected chi connectivity index (χ4v) is 3.79. The first kappa shape index (κ1) is 18.6. The molecule has 2 aliphatic heterocycles. The van der Waals surface area contributed by atoms with Crippen LogP contribution in [0.2, 0.25) is 0 Å². The minimum Gasteiger partial charge on any atom is -0.336 e. The van der Waals surface area contributed by atoms with Gasteiger partial charge in [-0.1, -0.05) is 18.2 Å². The summed E-state index contributed by atoms with van der Waals surface area (Å²) in [5.74, 6) is -2.26. The first-order chi connectivity index (χ1) is 13.5. The zero-order valence-corrected chi connectivity index (χ0v) is 15.4. The van der Waals surface area contributed by atoms with E-state index in [2.05, 4.69) is 0 Å². The topological polar surface area (TPSA) is 43.9 Å². The third-order valence-corrected chi connectivity index (χ3v) is 5.37. The number of benzene rings is 2. The molecule has 2 heterocycles. The number of hydrogen-bond donors (Lipinski definition) is 0. The molecule has 1 saturated heterocycles. The van der Waals surface area contributed by atoms with Gasteiger partial charge in [0.25, 0.3) is 5.91 Å². The highest BCUT2D eigenvalue weighted by Gasteiger charge is 2.28. The van der Waals surface area contributed by atoms with Crippen molar-refractivity contribution in [3.8, 4) is 0 Å². The Bertz CT molecular complexity index is 910. The molecule has 0 bridgehead atoms. The van der Waals surface area contributed by atoms with Crippen LogP contribution in [-0.4, -0.2) is 60.9 Å². The van der Waals surface area contributed by atoms with E-state index in [0.29, 0.717) is 39.3 Å². The molecule has 0 unspecified atom stereocenters. The molecule has 0 N–H and O–H groups in total. The Balaban J connectivity index is 1.32. The van der Waals surface area contributed by atoms with Crippen LogP contribution in [0.25, 0.3) is 0 Å². The quantitative estimate of drug-likeness (QED) is 0.815. The lowest BCUT2D eigenvalue weighted by atomic mass is 10.1. The summed E-state index contributed by atoms with van der Waals surface area (Å²) in [4.78, 5) is 30.7. The van der Waals surface area contributed by atoms with Crippen LogP contribution in [0.15, 0.2) is 42.5 Å². The Morgan fingerprint density at radius 1 is 0.893 bits per heavy atom. The van der Waals surface area contributed by atoms with E-state index >= 15 is 0 Å². The summed E-state index contributed by atoms with van der Waals surface area (Å²) in [6.45, 7) is 3.03. The number of halogens is 2. The largest absolute Gasteiger partial charge is 0.336 e. The van der Waals surface area contributed by atoms with E-state index in [1.807, 2.05) is 34.1 Å². The fourth-order valence-electron chi connectivity index (χ4n) is 3.79. The van der Waals surface area contributed by atoms with Crippen molar-refractivity contribution in [2.24, 2.45) is 0 Å². The molecular formula is C21H21F2N3O2. The normalized spacial score (nSPS) is 16.9. The number of para-hydroxylation sites is 1. The Kier molecular flexibility index (Phi) is 5.09. The average molecular weight is 385 g/mol. The van der Waals surface area contributed by atoms with Crippen molar-refractivity contribution in [1.82, 2.24) is 9.80 Å². The number of piperazine rings is 1. The summed E-state index contributed by atoms with van der Waals surface area (Å²) in [5.41, 5.74) is 2.31. The zero-order chi connectivity index (χ0) is 19.7. The van der Waals surface area contributed by atoms with Crippen molar-refractivity contribution >= 4 is 17.5 Å². The molecule has 0 aliphatic carbocycles. The smallest absolute Gasteiger partial charge is 0.254 e. The van der Waals surface area contributed by atoms with E-state index < -0.39 is 11.6 Å². The molecule has 4 rings (SSSR count).